The fraction of sp³-hybridized carbons (Fsp3) is 0.321. The molecule has 3 aromatic heterocycles. The van der Waals surface area contributed by atoms with Gasteiger partial charge in [-0.3, -0.25) is 24.2 Å². The molecule has 44 heavy (non-hydrogen) atoms. The molecule has 0 radical (unpaired) electrons. The number of rotatable bonds is 9. The van der Waals surface area contributed by atoms with Gasteiger partial charge in [0.1, 0.15) is 5.75 Å². The number of methoxy groups -OCH3 is 1. The van der Waals surface area contributed by atoms with Gasteiger partial charge in [0.25, 0.3) is 5.91 Å². The Balaban J connectivity index is 1.22. The molecule has 12 nitrogen and oxygen atoms in total. The van der Waals surface area contributed by atoms with E-state index in [1.54, 1.807) is 28.9 Å². The summed E-state index contributed by atoms with van der Waals surface area (Å²) in [6.07, 6.45) is 6.53. The molecular weight excluding hydrogens is 605 g/mol. The monoisotopic (exact) mass is 628 g/mol. The summed E-state index contributed by atoms with van der Waals surface area (Å²) in [5, 5.41) is 6.57. The molecule has 1 saturated carbocycles. The van der Waals surface area contributed by atoms with Crippen molar-refractivity contribution in [3.8, 4) is 22.9 Å². The van der Waals surface area contributed by atoms with E-state index in [4.69, 9.17) is 16.3 Å². The van der Waals surface area contributed by atoms with Crippen molar-refractivity contribution >= 4 is 34.9 Å². The minimum atomic E-state index is -3.25. The highest BCUT2D eigenvalue weighted by atomic mass is 35.5. The molecule has 4 aromatic rings. The number of halogens is 4. The maximum atomic E-state index is 14.9. The lowest BCUT2D eigenvalue weighted by atomic mass is 10.1. The summed E-state index contributed by atoms with van der Waals surface area (Å²) in [5.41, 5.74) is 0.329. The molecule has 228 valence electrons. The first-order chi connectivity index (χ1) is 21.0. The Labute approximate surface area is 253 Å². The molecule has 2 fully saturated rings. The Morgan fingerprint density at radius 1 is 1.18 bits per heavy atom. The number of benzene rings is 1. The maximum absolute atomic E-state index is 14.9. The Hall–Kier alpha value is -4.79. The van der Waals surface area contributed by atoms with Crippen LogP contribution in [-0.4, -0.2) is 61.8 Å². The van der Waals surface area contributed by atoms with Gasteiger partial charge in [0, 0.05) is 18.7 Å². The van der Waals surface area contributed by atoms with Gasteiger partial charge in [-0.2, -0.15) is 13.9 Å². The highest BCUT2D eigenvalue weighted by molar-refractivity contribution is 6.31. The van der Waals surface area contributed by atoms with Crippen LogP contribution in [-0.2, 0) is 4.79 Å². The largest absolute Gasteiger partial charge is 0.479 e. The SMILES string of the molecule is COc1ncc(-c2c(OC(F)F)ccc(Cl)c2F)nc1C(=O)Nc1cnn(C(C)c2cnc(N3C[C@H]4C[C@H]4C3=O)c(C)n2)c1. The molecule has 16 heteroatoms. The molecule has 1 aromatic carbocycles. The van der Waals surface area contributed by atoms with Gasteiger partial charge in [0.15, 0.2) is 17.3 Å². The van der Waals surface area contributed by atoms with Crippen molar-refractivity contribution in [1.82, 2.24) is 29.7 Å². The first-order valence-corrected chi connectivity index (χ1v) is 13.8. The Morgan fingerprint density at radius 2 is 1.98 bits per heavy atom. The zero-order valence-corrected chi connectivity index (χ0v) is 24.2. The summed E-state index contributed by atoms with van der Waals surface area (Å²) >= 11 is 5.87. The van der Waals surface area contributed by atoms with E-state index in [2.05, 4.69) is 35.1 Å². The predicted octanol–water partition coefficient (Wildman–Crippen LogP) is 4.69. The summed E-state index contributed by atoms with van der Waals surface area (Å²) < 4.78 is 52.1. The van der Waals surface area contributed by atoms with E-state index in [0.29, 0.717) is 29.7 Å². The van der Waals surface area contributed by atoms with E-state index >= 15 is 0 Å². The number of fused-ring (bicyclic) bond motifs is 1. The molecule has 3 atom stereocenters. The number of aromatic nitrogens is 6. The van der Waals surface area contributed by atoms with Crippen molar-refractivity contribution < 1.29 is 32.2 Å². The predicted molar refractivity (Wildman–Crippen MR) is 150 cm³/mol. The van der Waals surface area contributed by atoms with Gasteiger partial charge in [0.2, 0.25) is 11.8 Å². The third-order valence-corrected chi connectivity index (χ3v) is 7.77. The number of piperidine rings is 1. The van der Waals surface area contributed by atoms with Gasteiger partial charge in [-0.1, -0.05) is 11.6 Å². The van der Waals surface area contributed by atoms with E-state index in [-0.39, 0.29) is 45.8 Å². The lowest BCUT2D eigenvalue weighted by Crippen LogP contribution is -2.30. The number of carbonyl (C=O) groups is 2. The third-order valence-electron chi connectivity index (χ3n) is 7.48. The molecule has 1 unspecified atom stereocenters. The van der Waals surface area contributed by atoms with Crippen LogP contribution >= 0.6 is 11.6 Å². The van der Waals surface area contributed by atoms with E-state index < -0.39 is 29.6 Å². The highest BCUT2D eigenvalue weighted by Gasteiger charge is 2.53. The van der Waals surface area contributed by atoms with Crippen LogP contribution in [0.2, 0.25) is 5.02 Å². The number of carbonyl (C=O) groups excluding carboxylic acids is 2. The molecule has 0 bridgehead atoms. The van der Waals surface area contributed by atoms with E-state index in [9.17, 15) is 22.8 Å². The van der Waals surface area contributed by atoms with Crippen LogP contribution in [0.15, 0.2) is 36.9 Å². The maximum Gasteiger partial charge on any atom is 0.387 e. The number of nitrogens with one attached hydrogen (secondary N) is 1. The van der Waals surface area contributed by atoms with E-state index in [1.807, 2.05) is 6.92 Å². The van der Waals surface area contributed by atoms with Crippen LogP contribution in [0, 0.1) is 24.6 Å². The van der Waals surface area contributed by atoms with E-state index in [0.717, 1.165) is 24.8 Å². The zero-order valence-electron chi connectivity index (χ0n) is 23.5. The average Bonchev–Trinajstić information content (AvgIpc) is 3.50. The van der Waals surface area contributed by atoms with Crippen molar-refractivity contribution in [2.75, 3.05) is 23.9 Å². The van der Waals surface area contributed by atoms with Crippen molar-refractivity contribution in [1.29, 1.82) is 0 Å². The Bertz CT molecular complexity index is 1790. The van der Waals surface area contributed by atoms with Gasteiger partial charge in [-0.15, -0.1) is 0 Å². The van der Waals surface area contributed by atoms with Gasteiger partial charge in [-0.25, -0.2) is 19.3 Å². The number of hydrogen-bond acceptors (Lipinski definition) is 9. The number of nitrogens with zero attached hydrogens (tertiary/aromatic N) is 7. The standard InChI is InChI=1S/C28H24ClF3N8O4/c1-12-24(39-10-14-6-16(14)27(39)42)33-8-18(36-12)13(2)40-11-15(7-35-40)37-25(41)23-26(43-3)34-9-19(38-23)21-20(44-28(31)32)5-4-17(29)22(21)30/h4-5,7-9,11,13-14,16,28H,6,10H2,1-3H3,(H,37,41)/t13?,14-,16-/m1/s1. The molecule has 4 heterocycles. The molecule has 6 rings (SSSR count). The number of alkyl halides is 2. The number of anilines is 2. The van der Waals surface area contributed by atoms with Crippen molar-refractivity contribution in [2.24, 2.45) is 11.8 Å². The van der Waals surface area contributed by atoms with Gasteiger partial charge in [0.05, 0.1) is 65.1 Å². The summed E-state index contributed by atoms with van der Waals surface area (Å²) in [5.74, 6) is -1.47. The second kappa shape index (κ2) is 11.4. The molecule has 1 N–H and O–H groups in total. The molecule has 2 aliphatic rings. The minimum absolute atomic E-state index is 0.0900. The Morgan fingerprint density at radius 3 is 2.66 bits per heavy atom. The van der Waals surface area contributed by atoms with Crippen LogP contribution in [0.5, 0.6) is 11.6 Å². The zero-order chi connectivity index (χ0) is 31.3. The third kappa shape index (κ3) is 5.38. The number of ether oxygens (including phenoxy) is 2. The molecule has 1 aliphatic carbocycles. The quantitative estimate of drug-likeness (QED) is 0.280. The molecule has 1 saturated heterocycles. The molecular formula is C28H24ClF3N8O4. The first kappa shape index (κ1) is 29.3. The van der Waals surface area contributed by atoms with Crippen LogP contribution in [0.3, 0.4) is 0 Å². The van der Waals surface area contributed by atoms with Crippen LogP contribution < -0.4 is 19.7 Å². The summed E-state index contributed by atoms with van der Waals surface area (Å²) in [6.45, 7) is 1.04. The average molecular weight is 629 g/mol. The number of amides is 2. The molecule has 2 amide bonds. The first-order valence-electron chi connectivity index (χ1n) is 13.4. The normalized spacial score (nSPS) is 17.9. The van der Waals surface area contributed by atoms with Crippen LogP contribution in [0.4, 0.5) is 24.7 Å². The number of hydrogen-bond donors (Lipinski definition) is 1. The van der Waals surface area contributed by atoms with Gasteiger partial charge >= 0.3 is 6.61 Å². The Kier molecular flexibility index (Phi) is 7.57. The summed E-state index contributed by atoms with van der Waals surface area (Å²) in [7, 11) is 1.25. The van der Waals surface area contributed by atoms with Gasteiger partial charge < -0.3 is 14.8 Å². The fourth-order valence-corrected chi connectivity index (χ4v) is 5.29. The van der Waals surface area contributed by atoms with Crippen LogP contribution in [0.25, 0.3) is 11.3 Å². The molecule has 1 aliphatic heterocycles. The fourth-order valence-electron chi connectivity index (χ4n) is 5.13. The lowest BCUT2D eigenvalue weighted by molar-refractivity contribution is -0.118. The minimum Gasteiger partial charge on any atom is -0.479 e. The second-order valence-corrected chi connectivity index (χ2v) is 10.7. The lowest BCUT2D eigenvalue weighted by Gasteiger charge is -2.20. The summed E-state index contributed by atoms with van der Waals surface area (Å²) in [6, 6.07) is 1.72. The smallest absolute Gasteiger partial charge is 0.387 e. The van der Waals surface area contributed by atoms with Crippen molar-refractivity contribution in [3.05, 3.63) is 64.8 Å². The highest BCUT2D eigenvalue weighted by Crippen LogP contribution is 2.47. The topological polar surface area (TPSA) is 137 Å². The molecule has 0 spiro atoms. The van der Waals surface area contributed by atoms with E-state index in [1.165, 1.54) is 13.3 Å². The van der Waals surface area contributed by atoms with Gasteiger partial charge in [-0.05, 0) is 38.3 Å². The van der Waals surface area contributed by atoms with Crippen molar-refractivity contribution in [2.45, 2.75) is 32.9 Å². The summed E-state index contributed by atoms with van der Waals surface area (Å²) in [4.78, 5) is 44.7. The van der Waals surface area contributed by atoms with Crippen LogP contribution in [0.1, 0.15) is 41.3 Å². The van der Waals surface area contributed by atoms with Crippen molar-refractivity contribution in [3.63, 3.8) is 0 Å². The number of aryl methyl sites for hydroxylation is 1. The second-order valence-electron chi connectivity index (χ2n) is 10.3.